The van der Waals surface area contributed by atoms with E-state index in [1.165, 1.54) is 30.4 Å². The number of benzene rings is 3. The summed E-state index contributed by atoms with van der Waals surface area (Å²) in [5.74, 6) is -2.33. The molecule has 0 unspecified atom stereocenters. The Morgan fingerprint density at radius 1 is 0.897 bits per heavy atom. The Bertz CT molecular complexity index is 1320. The number of esters is 2. The van der Waals surface area contributed by atoms with Crippen molar-refractivity contribution in [3.05, 3.63) is 89.2 Å². The number of rotatable bonds is 11. The minimum atomic E-state index is -4.29. The van der Waals surface area contributed by atoms with E-state index in [4.69, 9.17) is 25.7 Å². The Morgan fingerprint density at radius 2 is 1.62 bits per heavy atom. The average Bonchev–Trinajstić information content (AvgIpc) is 2.87. The van der Waals surface area contributed by atoms with Crippen LogP contribution in [0.25, 0.3) is 6.08 Å². The Balaban J connectivity index is 1.46. The van der Waals surface area contributed by atoms with Gasteiger partial charge in [-0.25, -0.2) is 14.0 Å². The molecule has 0 saturated heterocycles. The number of carbonyl (C=O) groups excluding carboxylic acids is 2. The predicted molar refractivity (Wildman–Crippen MR) is 138 cm³/mol. The molecule has 3 aromatic rings. The number of nitrogen functional groups attached to an aromatic ring is 2. The standard InChI is InChI=1S/C28H26F4N2O5/c29-24-17-22(37-14-1-13-28(30,31)32)9-10-23(24)27(36)39-21-7-2-18(3-8-21)4-11-26(35)38-15-12-19-5-6-20(33)16-25(19)34/h2-11,16-17H,1,12-15,33-34H2/b11-4+. The number of alkyl halides is 3. The van der Waals surface area contributed by atoms with E-state index in [1.807, 2.05) is 0 Å². The highest BCUT2D eigenvalue weighted by molar-refractivity contribution is 5.91. The molecule has 0 fully saturated rings. The molecule has 0 aliphatic carbocycles. The van der Waals surface area contributed by atoms with Crippen LogP contribution < -0.4 is 20.9 Å². The van der Waals surface area contributed by atoms with Gasteiger partial charge in [0.25, 0.3) is 0 Å². The predicted octanol–water partition coefficient (Wildman–Crippen LogP) is 5.73. The summed E-state index contributed by atoms with van der Waals surface area (Å²) in [6.07, 6.45) is -2.39. The maximum atomic E-state index is 14.3. The Morgan fingerprint density at radius 3 is 2.28 bits per heavy atom. The second-order valence-electron chi connectivity index (χ2n) is 8.38. The first-order valence-corrected chi connectivity index (χ1v) is 11.8. The van der Waals surface area contributed by atoms with Crippen molar-refractivity contribution >= 4 is 29.4 Å². The largest absolute Gasteiger partial charge is 0.493 e. The lowest BCUT2D eigenvalue weighted by Gasteiger charge is -2.10. The summed E-state index contributed by atoms with van der Waals surface area (Å²) in [4.78, 5) is 24.3. The molecule has 0 aliphatic heterocycles. The van der Waals surface area contributed by atoms with Gasteiger partial charge in [0, 0.05) is 36.4 Å². The maximum Gasteiger partial charge on any atom is 0.389 e. The van der Waals surface area contributed by atoms with Crippen molar-refractivity contribution in [3.63, 3.8) is 0 Å². The van der Waals surface area contributed by atoms with E-state index >= 15 is 0 Å². The molecule has 11 heteroatoms. The first-order chi connectivity index (χ1) is 18.5. The first-order valence-electron chi connectivity index (χ1n) is 11.8. The summed E-state index contributed by atoms with van der Waals surface area (Å²) < 4.78 is 66.3. The maximum absolute atomic E-state index is 14.3. The molecule has 0 heterocycles. The van der Waals surface area contributed by atoms with E-state index < -0.39 is 30.4 Å². The summed E-state index contributed by atoms with van der Waals surface area (Å²) in [5, 5.41) is 0. The van der Waals surface area contributed by atoms with Gasteiger partial charge in [0.15, 0.2) is 0 Å². The highest BCUT2D eigenvalue weighted by Crippen LogP contribution is 2.23. The Labute approximate surface area is 222 Å². The number of nitrogens with two attached hydrogens (primary N) is 2. The summed E-state index contributed by atoms with van der Waals surface area (Å²) in [5.41, 5.74) is 13.7. The first kappa shape index (κ1) is 29.0. The van der Waals surface area contributed by atoms with Crippen molar-refractivity contribution in [2.75, 3.05) is 24.7 Å². The van der Waals surface area contributed by atoms with Gasteiger partial charge in [0.1, 0.15) is 17.3 Å². The van der Waals surface area contributed by atoms with E-state index in [1.54, 1.807) is 30.3 Å². The third-order valence-electron chi connectivity index (χ3n) is 5.32. The molecular weight excluding hydrogens is 520 g/mol. The van der Waals surface area contributed by atoms with Crippen molar-refractivity contribution in [2.24, 2.45) is 0 Å². The number of carbonyl (C=O) groups is 2. The van der Waals surface area contributed by atoms with Gasteiger partial charge in [0.05, 0.1) is 18.8 Å². The lowest BCUT2D eigenvalue weighted by Crippen LogP contribution is -2.11. The molecule has 0 bridgehead atoms. The van der Waals surface area contributed by atoms with E-state index in [9.17, 15) is 27.2 Å². The van der Waals surface area contributed by atoms with Crippen LogP contribution in [0.15, 0.2) is 66.7 Å². The summed E-state index contributed by atoms with van der Waals surface area (Å²) in [6, 6.07) is 14.5. The molecule has 0 spiro atoms. The van der Waals surface area contributed by atoms with Crippen molar-refractivity contribution in [1.82, 2.24) is 0 Å². The SMILES string of the molecule is Nc1ccc(CCOC(=O)/C=C/c2ccc(OC(=O)c3ccc(OCCCC(F)(F)F)cc3F)cc2)c(N)c1. The normalized spacial score (nSPS) is 11.4. The zero-order valence-electron chi connectivity index (χ0n) is 20.7. The molecule has 0 amide bonds. The van der Waals surface area contributed by atoms with E-state index in [2.05, 4.69) is 0 Å². The quantitative estimate of drug-likeness (QED) is 0.0789. The van der Waals surface area contributed by atoms with E-state index in [0.29, 0.717) is 23.4 Å². The van der Waals surface area contributed by atoms with Crippen LogP contribution in [0, 0.1) is 5.82 Å². The number of ether oxygens (including phenoxy) is 3. The second-order valence-corrected chi connectivity index (χ2v) is 8.38. The third kappa shape index (κ3) is 9.69. The fourth-order valence-electron chi connectivity index (χ4n) is 3.34. The monoisotopic (exact) mass is 546 g/mol. The smallest absolute Gasteiger partial charge is 0.389 e. The van der Waals surface area contributed by atoms with Crippen LogP contribution in [0.1, 0.15) is 34.3 Å². The van der Waals surface area contributed by atoms with Crippen LogP contribution in [0.5, 0.6) is 11.5 Å². The number of halogens is 4. The summed E-state index contributed by atoms with van der Waals surface area (Å²) in [6.45, 7) is -0.117. The molecule has 4 N–H and O–H groups in total. The summed E-state index contributed by atoms with van der Waals surface area (Å²) >= 11 is 0. The molecule has 7 nitrogen and oxygen atoms in total. The van der Waals surface area contributed by atoms with Gasteiger partial charge in [-0.05, 0) is 60.0 Å². The van der Waals surface area contributed by atoms with Crippen LogP contribution in [0.2, 0.25) is 0 Å². The van der Waals surface area contributed by atoms with Gasteiger partial charge >= 0.3 is 18.1 Å². The zero-order chi connectivity index (χ0) is 28.4. The van der Waals surface area contributed by atoms with Crippen LogP contribution >= 0.6 is 0 Å². The van der Waals surface area contributed by atoms with Crippen molar-refractivity contribution < 1.29 is 41.4 Å². The molecule has 0 saturated carbocycles. The fraction of sp³-hybridized carbons (Fsp3) is 0.214. The van der Waals surface area contributed by atoms with Gasteiger partial charge in [0.2, 0.25) is 0 Å². The topological polar surface area (TPSA) is 114 Å². The molecule has 206 valence electrons. The van der Waals surface area contributed by atoms with Crippen molar-refractivity contribution in [3.8, 4) is 11.5 Å². The van der Waals surface area contributed by atoms with E-state index in [-0.39, 0.29) is 36.7 Å². The van der Waals surface area contributed by atoms with Gasteiger partial charge < -0.3 is 25.7 Å². The molecule has 3 aromatic carbocycles. The van der Waals surface area contributed by atoms with Crippen LogP contribution in [0.3, 0.4) is 0 Å². The third-order valence-corrected chi connectivity index (χ3v) is 5.32. The van der Waals surface area contributed by atoms with Crippen LogP contribution in [-0.2, 0) is 16.0 Å². The van der Waals surface area contributed by atoms with Gasteiger partial charge in [-0.3, -0.25) is 0 Å². The molecule has 3 rings (SSSR count). The zero-order valence-corrected chi connectivity index (χ0v) is 20.7. The van der Waals surface area contributed by atoms with Crippen LogP contribution in [0.4, 0.5) is 28.9 Å². The minimum Gasteiger partial charge on any atom is -0.493 e. The summed E-state index contributed by atoms with van der Waals surface area (Å²) in [7, 11) is 0. The highest BCUT2D eigenvalue weighted by Gasteiger charge is 2.26. The average molecular weight is 547 g/mol. The second kappa shape index (κ2) is 13.3. The van der Waals surface area contributed by atoms with Gasteiger partial charge in [-0.2, -0.15) is 13.2 Å². The fourth-order valence-corrected chi connectivity index (χ4v) is 3.34. The number of hydrogen-bond donors (Lipinski definition) is 2. The van der Waals surface area contributed by atoms with Gasteiger partial charge in [-0.1, -0.05) is 18.2 Å². The Hall–Kier alpha value is -4.54. The number of anilines is 2. The van der Waals surface area contributed by atoms with Crippen molar-refractivity contribution in [2.45, 2.75) is 25.4 Å². The molecule has 0 atom stereocenters. The Kier molecular flexibility index (Phi) is 9.91. The minimum absolute atomic E-state index is 0.00438. The highest BCUT2D eigenvalue weighted by atomic mass is 19.4. The van der Waals surface area contributed by atoms with Crippen LogP contribution in [-0.4, -0.2) is 31.3 Å². The molecule has 0 radical (unpaired) electrons. The van der Waals surface area contributed by atoms with Gasteiger partial charge in [-0.15, -0.1) is 0 Å². The lowest BCUT2D eigenvalue weighted by molar-refractivity contribution is -0.138. The lowest BCUT2D eigenvalue weighted by atomic mass is 10.1. The molecule has 0 aromatic heterocycles. The molecule has 0 aliphatic rings. The van der Waals surface area contributed by atoms with Crippen molar-refractivity contribution in [1.29, 1.82) is 0 Å². The molecular formula is C28H26F4N2O5. The van der Waals surface area contributed by atoms with E-state index in [0.717, 1.165) is 17.7 Å². The molecule has 39 heavy (non-hydrogen) atoms. The number of hydrogen-bond acceptors (Lipinski definition) is 7.